The van der Waals surface area contributed by atoms with E-state index in [9.17, 15) is 9.59 Å². The number of methoxy groups -OCH3 is 2. The molecule has 9 heteroatoms. The molecule has 2 N–H and O–H groups in total. The second kappa shape index (κ2) is 7.62. The van der Waals surface area contributed by atoms with Crippen molar-refractivity contribution in [1.82, 2.24) is 18.7 Å². The third kappa shape index (κ3) is 2.93. The Labute approximate surface area is 160 Å². The number of aromatic nitrogens is 4. The van der Waals surface area contributed by atoms with Crippen molar-refractivity contribution in [2.75, 3.05) is 20.8 Å². The molecule has 2 heterocycles. The monoisotopic (exact) mass is 383 g/mol. The molecule has 0 atom stereocenters. The van der Waals surface area contributed by atoms with Gasteiger partial charge in [-0.1, -0.05) is 5.92 Å². The Morgan fingerprint density at radius 2 is 1.89 bits per heavy atom. The van der Waals surface area contributed by atoms with Gasteiger partial charge in [0.25, 0.3) is 5.56 Å². The van der Waals surface area contributed by atoms with Gasteiger partial charge in [-0.3, -0.25) is 9.36 Å². The Morgan fingerprint density at radius 1 is 1.18 bits per heavy atom. The van der Waals surface area contributed by atoms with Crippen molar-refractivity contribution < 1.29 is 9.47 Å². The first-order chi connectivity index (χ1) is 13.5. The van der Waals surface area contributed by atoms with Crippen LogP contribution in [0.5, 0.6) is 11.5 Å². The molecule has 0 saturated heterocycles. The van der Waals surface area contributed by atoms with Crippen LogP contribution in [0.15, 0.2) is 27.8 Å². The summed E-state index contributed by atoms with van der Waals surface area (Å²) in [6.07, 6.45) is 5.33. The largest absolute Gasteiger partial charge is 0.493 e. The molecule has 0 fully saturated rings. The minimum atomic E-state index is -0.530. The fourth-order valence-corrected chi connectivity index (χ4v) is 3.16. The summed E-state index contributed by atoms with van der Waals surface area (Å²) in [5.41, 5.74) is 5.87. The van der Waals surface area contributed by atoms with Gasteiger partial charge in [-0.05, 0) is 18.2 Å². The third-order valence-corrected chi connectivity index (χ3v) is 4.49. The van der Waals surface area contributed by atoms with Gasteiger partial charge in [0.1, 0.15) is 5.82 Å². The van der Waals surface area contributed by atoms with E-state index in [0.29, 0.717) is 22.9 Å². The minimum Gasteiger partial charge on any atom is -0.493 e. The molecule has 9 nitrogen and oxygen atoms in total. The lowest BCUT2D eigenvalue weighted by atomic mass is 10.2. The summed E-state index contributed by atoms with van der Waals surface area (Å²) in [7, 11) is 4.79. The number of nitrogens with two attached hydrogens (primary N) is 1. The van der Waals surface area contributed by atoms with E-state index in [2.05, 4.69) is 10.9 Å². The van der Waals surface area contributed by atoms with E-state index in [-0.39, 0.29) is 30.8 Å². The molecule has 28 heavy (non-hydrogen) atoms. The molecule has 0 radical (unpaired) electrons. The van der Waals surface area contributed by atoms with Crippen LogP contribution in [0.3, 0.4) is 0 Å². The summed E-state index contributed by atoms with van der Waals surface area (Å²) in [4.78, 5) is 30.2. The third-order valence-electron chi connectivity index (χ3n) is 4.49. The molecule has 0 aliphatic carbocycles. The Kier molecular flexibility index (Phi) is 5.24. The lowest BCUT2D eigenvalue weighted by Gasteiger charge is -2.09. The number of terminal acetylenes is 1. The number of nitrogens with zero attached hydrogens (tertiary/aromatic N) is 4. The first-order valence-electron chi connectivity index (χ1n) is 8.54. The van der Waals surface area contributed by atoms with Gasteiger partial charge in [0.05, 0.1) is 20.8 Å². The quantitative estimate of drug-likeness (QED) is 0.609. The van der Waals surface area contributed by atoms with Crippen molar-refractivity contribution >= 4 is 11.2 Å². The fraction of sp³-hybridized carbons (Fsp3) is 0.316. The van der Waals surface area contributed by atoms with Gasteiger partial charge in [0.2, 0.25) is 0 Å². The van der Waals surface area contributed by atoms with Crippen LogP contribution >= 0.6 is 0 Å². The molecular weight excluding hydrogens is 362 g/mol. The molecule has 0 aliphatic heterocycles. The van der Waals surface area contributed by atoms with E-state index >= 15 is 0 Å². The van der Waals surface area contributed by atoms with Crippen LogP contribution in [0, 0.1) is 12.3 Å². The van der Waals surface area contributed by atoms with Gasteiger partial charge in [-0.25, -0.2) is 14.3 Å². The number of hydrogen-bond donors (Lipinski definition) is 1. The molecule has 0 aliphatic rings. The van der Waals surface area contributed by atoms with E-state index in [1.165, 1.54) is 11.7 Å². The first kappa shape index (κ1) is 19.3. The molecule has 3 rings (SSSR count). The SMILES string of the molecule is C#CCn1c(=O)c2c(nc(-c3ccc(OC)c(OC)c3)n2C)n(CCN)c1=O. The Bertz CT molecular complexity index is 1200. The van der Waals surface area contributed by atoms with Gasteiger partial charge < -0.3 is 19.8 Å². The number of hydrogen-bond acceptors (Lipinski definition) is 6. The maximum atomic E-state index is 12.9. The minimum absolute atomic E-state index is 0.130. The number of fused-ring (bicyclic) bond motifs is 1. The molecular formula is C19H21N5O4. The topological polar surface area (TPSA) is 106 Å². The highest BCUT2D eigenvalue weighted by Gasteiger charge is 2.21. The van der Waals surface area contributed by atoms with Crippen molar-refractivity contribution in [3.8, 4) is 35.2 Å². The molecule has 2 aromatic heterocycles. The molecule has 3 aromatic rings. The van der Waals surface area contributed by atoms with Crippen molar-refractivity contribution in [1.29, 1.82) is 0 Å². The lowest BCUT2D eigenvalue weighted by Crippen LogP contribution is -2.41. The Hall–Kier alpha value is -3.51. The zero-order valence-electron chi connectivity index (χ0n) is 15.9. The van der Waals surface area contributed by atoms with Gasteiger partial charge >= 0.3 is 5.69 Å². The van der Waals surface area contributed by atoms with Crippen LogP contribution in [-0.2, 0) is 20.1 Å². The molecule has 0 bridgehead atoms. The van der Waals surface area contributed by atoms with E-state index in [4.69, 9.17) is 21.6 Å². The molecule has 0 saturated carbocycles. The average molecular weight is 383 g/mol. The summed E-state index contributed by atoms with van der Waals surface area (Å²) < 4.78 is 14.6. The lowest BCUT2D eigenvalue weighted by molar-refractivity contribution is 0.355. The number of rotatable bonds is 6. The maximum Gasteiger partial charge on any atom is 0.333 e. The van der Waals surface area contributed by atoms with Gasteiger partial charge in [-0.15, -0.1) is 6.42 Å². The number of benzene rings is 1. The van der Waals surface area contributed by atoms with Crippen molar-refractivity contribution in [2.24, 2.45) is 12.8 Å². The highest BCUT2D eigenvalue weighted by molar-refractivity contribution is 5.77. The number of ether oxygens (including phenoxy) is 2. The van der Waals surface area contributed by atoms with Crippen molar-refractivity contribution in [3.63, 3.8) is 0 Å². The van der Waals surface area contributed by atoms with Crippen molar-refractivity contribution in [3.05, 3.63) is 39.0 Å². The van der Waals surface area contributed by atoms with E-state index in [1.807, 2.05) is 0 Å². The molecule has 0 unspecified atom stereocenters. The van der Waals surface area contributed by atoms with E-state index < -0.39 is 11.2 Å². The van der Waals surface area contributed by atoms with Gasteiger partial charge in [0, 0.05) is 25.7 Å². The standard InChI is InChI=1S/C19H21N5O4/c1-5-9-24-18(25)15-17(23(10-8-20)19(24)26)21-16(22(15)2)12-6-7-13(27-3)14(11-12)28-4/h1,6-7,11H,8-10,20H2,2-4H3. The smallest absolute Gasteiger partial charge is 0.333 e. The average Bonchev–Trinajstić information content (AvgIpc) is 3.05. The molecule has 0 spiro atoms. The van der Waals surface area contributed by atoms with Crippen LogP contribution in [-0.4, -0.2) is 39.4 Å². The normalized spacial score (nSPS) is 10.8. The summed E-state index contributed by atoms with van der Waals surface area (Å²) in [5.74, 6) is 3.94. The number of imidazole rings is 1. The summed E-state index contributed by atoms with van der Waals surface area (Å²) in [5, 5.41) is 0. The van der Waals surface area contributed by atoms with Crippen LogP contribution < -0.4 is 26.5 Å². The maximum absolute atomic E-state index is 12.9. The first-order valence-corrected chi connectivity index (χ1v) is 8.54. The predicted molar refractivity (Wildman–Crippen MR) is 106 cm³/mol. The summed E-state index contributed by atoms with van der Waals surface area (Å²) in [6.45, 7) is 0.295. The summed E-state index contributed by atoms with van der Waals surface area (Å²) >= 11 is 0. The molecule has 146 valence electrons. The second-order valence-electron chi connectivity index (χ2n) is 6.05. The van der Waals surface area contributed by atoms with Crippen molar-refractivity contribution in [2.45, 2.75) is 13.1 Å². The van der Waals surface area contributed by atoms with Gasteiger partial charge in [-0.2, -0.15) is 0 Å². The fourth-order valence-electron chi connectivity index (χ4n) is 3.16. The molecule has 1 aromatic carbocycles. The second-order valence-corrected chi connectivity index (χ2v) is 6.05. The van der Waals surface area contributed by atoms with Crippen LogP contribution in [0.4, 0.5) is 0 Å². The highest BCUT2D eigenvalue weighted by Crippen LogP contribution is 2.32. The number of aryl methyl sites for hydroxylation is 1. The van der Waals surface area contributed by atoms with Crippen LogP contribution in [0.25, 0.3) is 22.6 Å². The highest BCUT2D eigenvalue weighted by atomic mass is 16.5. The van der Waals surface area contributed by atoms with E-state index in [0.717, 1.165) is 4.57 Å². The zero-order chi connectivity index (χ0) is 20.4. The summed E-state index contributed by atoms with van der Waals surface area (Å²) in [6, 6.07) is 5.30. The van der Waals surface area contributed by atoms with Crippen LogP contribution in [0.2, 0.25) is 0 Å². The van der Waals surface area contributed by atoms with E-state index in [1.54, 1.807) is 36.9 Å². The Morgan fingerprint density at radius 3 is 2.50 bits per heavy atom. The Balaban J connectivity index is 2.36. The predicted octanol–water partition coefficient (Wildman–Crippen LogP) is 0.173. The van der Waals surface area contributed by atoms with Crippen LogP contribution in [0.1, 0.15) is 0 Å². The zero-order valence-corrected chi connectivity index (χ0v) is 15.9. The molecule has 0 amide bonds. The van der Waals surface area contributed by atoms with Gasteiger partial charge in [0.15, 0.2) is 22.7 Å².